The monoisotopic (exact) mass is 457 g/mol. The van der Waals surface area contributed by atoms with Gasteiger partial charge in [-0.05, 0) is 31.2 Å². The van der Waals surface area contributed by atoms with Crippen LogP contribution in [0.25, 0.3) is 5.69 Å². The highest BCUT2D eigenvalue weighted by Crippen LogP contribution is 2.32. The van der Waals surface area contributed by atoms with Crippen LogP contribution in [0.4, 0.5) is 5.00 Å². The van der Waals surface area contributed by atoms with Crippen LogP contribution in [0.5, 0.6) is 0 Å². The van der Waals surface area contributed by atoms with Crippen molar-refractivity contribution in [1.82, 2.24) is 15.2 Å². The highest BCUT2D eigenvalue weighted by molar-refractivity contribution is 7.16. The van der Waals surface area contributed by atoms with Crippen molar-refractivity contribution in [2.24, 2.45) is 5.10 Å². The number of hydrogen-bond acceptors (Lipinski definition) is 6. The van der Waals surface area contributed by atoms with Gasteiger partial charge >= 0.3 is 5.00 Å². The summed E-state index contributed by atoms with van der Waals surface area (Å²) in [6.07, 6.45) is 1.31. The van der Waals surface area contributed by atoms with Gasteiger partial charge in [0.05, 0.1) is 26.1 Å². The number of nitro groups is 1. The standard InChI is InChI=1S/C16H10Cl3N5O3S/c1-8-4-13(22-23(8)15-11(18)5-9(17)6-12(15)19)16(25)21-20-7-10-2-3-14(28-10)24(26)27/h2-7H,1H3,(H,21,25)/b20-7+. The highest BCUT2D eigenvalue weighted by atomic mass is 35.5. The first kappa shape index (κ1) is 20.3. The Morgan fingerprint density at radius 3 is 2.57 bits per heavy atom. The molecule has 2 aromatic heterocycles. The van der Waals surface area contributed by atoms with Gasteiger partial charge in [0.2, 0.25) is 0 Å². The van der Waals surface area contributed by atoms with Crippen molar-refractivity contribution in [3.05, 3.63) is 71.8 Å². The average molecular weight is 459 g/mol. The number of aromatic nitrogens is 2. The molecule has 12 heteroatoms. The van der Waals surface area contributed by atoms with Gasteiger partial charge in [-0.1, -0.05) is 46.1 Å². The Kier molecular flexibility index (Phi) is 5.99. The van der Waals surface area contributed by atoms with Gasteiger partial charge in [-0.15, -0.1) is 0 Å². The van der Waals surface area contributed by atoms with Crippen LogP contribution >= 0.6 is 46.1 Å². The zero-order valence-corrected chi connectivity index (χ0v) is 17.1. The van der Waals surface area contributed by atoms with Gasteiger partial charge in [0.15, 0.2) is 5.69 Å². The predicted octanol–water partition coefficient (Wildman–Crippen LogP) is 4.87. The van der Waals surface area contributed by atoms with Gasteiger partial charge in [0.25, 0.3) is 5.91 Å². The summed E-state index contributed by atoms with van der Waals surface area (Å²) in [7, 11) is 0. The summed E-state index contributed by atoms with van der Waals surface area (Å²) in [6.45, 7) is 1.74. The zero-order valence-electron chi connectivity index (χ0n) is 14.0. The molecule has 0 atom stereocenters. The summed E-state index contributed by atoms with van der Waals surface area (Å²) in [5.74, 6) is -0.564. The molecule has 1 aromatic carbocycles. The second kappa shape index (κ2) is 8.27. The third kappa shape index (κ3) is 4.33. The zero-order chi connectivity index (χ0) is 20.4. The minimum atomic E-state index is -0.564. The summed E-state index contributed by atoms with van der Waals surface area (Å²) >= 11 is 19.3. The van der Waals surface area contributed by atoms with E-state index in [0.29, 0.717) is 21.3 Å². The third-order valence-electron chi connectivity index (χ3n) is 3.46. The number of nitrogens with zero attached hydrogens (tertiary/aromatic N) is 4. The summed E-state index contributed by atoms with van der Waals surface area (Å²) in [5, 5.41) is 19.6. The van der Waals surface area contributed by atoms with Crippen LogP contribution in [0.2, 0.25) is 15.1 Å². The van der Waals surface area contributed by atoms with Crippen molar-refractivity contribution >= 4 is 63.3 Å². The lowest BCUT2D eigenvalue weighted by atomic mass is 10.3. The molecule has 0 spiro atoms. The Labute approximate surface area is 177 Å². The van der Waals surface area contributed by atoms with Gasteiger partial charge in [-0.2, -0.15) is 10.2 Å². The fraction of sp³-hybridized carbons (Fsp3) is 0.0625. The van der Waals surface area contributed by atoms with E-state index in [2.05, 4.69) is 15.6 Å². The lowest BCUT2D eigenvalue weighted by molar-refractivity contribution is -0.380. The molecule has 2 heterocycles. The van der Waals surface area contributed by atoms with Crippen molar-refractivity contribution in [2.75, 3.05) is 0 Å². The smallest absolute Gasteiger partial charge is 0.265 e. The van der Waals surface area contributed by atoms with E-state index in [1.807, 2.05) is 0 Å². The topological polar surface area (TPSA) is 102 Å². The third-order valence-corrected chi connectivity index (χ3v) is 5.23. The summed E-state index contributed by atoms with van der Waals surface area (Å²) in [4.78, 5) is 23.0. The first-order valence-corrected chi connectivity index (χ1v) is 9.50. The molecule has 1 N–H and O–H groups in total. The Balaban J connectivity index is 1.78. The number of hydrazone groups is 1. The maximum Gasteiger partial charge on any atom is 0.324 e. The summed E-state index contributed by atoms with van der Waals surface area (Å²) in [6, 6.07) is 7.48. The number of carbonyl (C=O) groups is 1. The van der Waals surface area contributed by atoms with Crippen molar-refractivity contribution in [1.29, 1.82) is 0 Å². The number of thiophene rings is 1. The Bertz CT molecular complexity index is 1090. The molecular formula is C16H10Cl3N5O3S. The van der Waals surface area contributed by atoms with Crippen LogP contribution in [-0.2, 0) is 0 Å². The van der Waals surface area contributed by atoms with E-state index in [1.54, 1.807) is 13.0 Å². The molecule has 0 aliphatic rings. The summed E-state index contributed by atoms with van der Waals surface area (Å²) in [5.41, 5.74) is 3.43. The molecule has 144 valence electrons. The minimum absolute atomic E-state index is 0.0149. The molecule has 0 aliphatic heterocycles. The second-order valence-corrected chi connectivity index (χ2v) is 7.78. The molecule has 0 fully saturated rings. The van der Waals surface area contributed by atoms with Crippen LogP contribution < -0.4 is 5.43 Å². The lowest BCUT2D eigenvalue weighted by Crippen LogP contribution is -2.18. The largest absolute Gasteiger partial charge is 0.324 e. The molecule has 0 bridgehead atoms. The quantitative estimate of drug-likeness (QED) is 0.334. The number of rotatable bonds is 5. The molecule has 8 nitrogen and oxygen atoms in total. The number of benzene rings is 1. The second-order valence-electron chi connectivity index (χ2n) is 5.43. The molecule has 28 heavy (non-hydrogen) atoms. The molecule has 3 rings (SSSR count). The van der Waals surface area contributed by atoms with Gasteiger partial charge in [-0.25, -0.2) is 10.1 Å². The van der Waals surface area contributed by atoms with E-state index < -0.39 is 10.8 Å². The molecule has 0 radical (unpaired) electrons. The number of carbonyl (C=O) groups excluding carboxylic acids is 1. The van der Waals surface area contributed by atoms with E-state index in [-0.39, 0.29) is 20.7 Å². The molecule has 3 aromatic rings. The molecule has 0 unspecified atom stereocenters. The van der Waals surface area contributed by atoms with Gasteiger partial charge in [0, 0.05) is 16.8 Å². The van der Waals surface area contributed by atoms with E-state index in [0.717, 1.165) is 11.3 Å². The van der Waals surface area contributed by atoms with E-state index in [9.17, 15) is 14.9 Å². The molecule has 0 saturated heterocycles. The number of hydrogen-bond donors (Lipinski definition) is 1. The SMILES string of the molecule is Cc1cc(C(=O)N/N=C/c2ccc([N+](=O)[O-])s2)nn1-c1c(Cl)cc(Cl)cc1Cl. The van der Waals surface area contributed by atoms with E-state index >= 15 is 0 Å². The van der Waals surface area contributed by atoms with Crippen LogP contribution in [-0.4, -0.2) is 26.8 Å². The maximum absolute atomic E-state index is 12.3. The van der Waals surface area contributed by atoms with Crippen molar-refractivity contribution < 1.29 is 9.72 Å². The minimum Gasteiger partial charge on any atom is -0.265 e. The van der Waals surface area contributed by atoms with Crippen molar-refractivity contribution in [3.8, 4) is 5.69 Å². The number of halogens is 3. The first-order valence-electron chi connectivity index (χ1n) is 7.55. The normalized spacial score (nSPS) is 11.1. The molecular weight excluding hydrogens is 449 g/mol. The fourth-order valence-electron chi connectivity index (χ4n) is 2.27. The van der Waals surface area contributed by atoms with Crippen molar-refractivity contribution in [3.63, 3.8) is 0 Å². The predicted molar refractivity (Wildman–Crippen MR) is 109 cm³/mol. The maximum atomic E-state index is 12.3. The summed E-state index contributed by atoms with van der Waals surface area (Å²) < 4.78 is 1.43. The Morgan fingerprint density at radius 2 is 1.96 bits per heavy atom. The molecule has 0 aliphatic carbocycles. The molecule has 1 amide bonds. The van der Waals surface area contributed by atoms with Crippen LogP contribution in [0.1, 0.15) is 21.1 Å². The highest BCUT2D eigenvalue weighted by Gasteiger charge is 2.17. The van der Waals surface area contributed by atoms with Gasteiger partial charge < -0.3 is 0 Å². The lowest BCUT2D eigenvalue weighted by Gasteiger charge is -2.09. The molecule has 0 saturated carbocycles. The Morgan fingerprint density at radius 1 is 1.29 bits per heavy atom. The van der Waals surface area contributed by atoms with E-state index in [1.165, 1.54) is 35.2 Å². The Hall–Kier alpha value is -2.46. The van der Waals surface area contributed by atoms with Gasteiger partial charge in [0.1, 0.15) is 5.69 Å². The number of aryl methyl sites for hydroxylation is 1. The van der Waals surface area contributed by atoms with Crippen LogP contribution in [0.15, 0.2) is 35.4 Å². The number of amides is 1. The fourth-order valence-corrected chi connectivity index (χ4v) is 3.94. The van der Waals surface area contributed by atoms with Gasteiger partial charge in [-0.3, -0.25) is 14.9 Å². The van der Waals surface area contributed by atoms with Crippen molar-refractivity contribution in [2.45, 2.75) is 6.92 Å². The van der Waals surface area contributed by atoms with E-state index in [4.69, 9.17) is 34.8 Å². The first-order chi connectivity index (χ1) is 13.3. The van der Waals surface area contributed by atoms with Crippen LogP contribution in [0, 0.1) is 17.0 Å². The number of nitrogens with one attached hydrogen (secondary N) is 1. The average Bonchev–Trinajstić information content (AvgIpc) is 3.21. The van der Waals surface area contributed by atoms with Crippen LogP contribution in [0.3, 0.4) is 0 Å².